The number of anilines is 1. The zero-order valence-corrected chi connectivity index (χ0v) is 18.0. The number of carbonyl (C=O) groups is 1. The minimum Gasteiger partial charge on any atom is -0.325 e. The zero-order valence-electron chi connectivity index (χ0n) is 17.2. The normalized spacial score (nSPS) is 10.9. The summed E-state index contributed by atoms with van der Waals surface area (Å²) < 4.78 is 3.84. The second-order valence-corrected chi connectivity index (χ2v) is 8.13. The molecule has 152 valence electrons. The molecule has 1 N–H and O–H groups in total. The van der Waals surface area contributed by atoms with Gasteiger partial charge in [0.2, 0.25) is 11.1 Å². The summed E-state index contributed by atoms with van der Waals surface area (Å²) in [5, 5.41) is 12.4. The van der Waals surface area contributed by atoms with Crippen LogP contribution in [0.2, 0.25) is 0 Å². The predicted molar refractivity (Wildman–Crippen MR) is 121 cm³/mol. The Bertz CT molecular complexity index is 1180. The molecule has 2 aromatic carbocycles. The highest BCUT2D eigenvalue weighted by Gasteiger charge is 2.17. The van der Waals surface area contributed by atoms with Crippen LogP contribution in [0.25, 0.3) is 11.4 Å². The number of hydrogen-bond donors (Lipinski definition) is 1. The molecular formula is C23H23N5OS. The maximum Gasteiger partial charge on any atom is 0.234 e. The average Bonchev–Trinajstić information content (AvgIpc) is 3.38. The molecule has 0 saturated heterocycles. The Kier molecular flexibility index (Phi) is 5.72. The molecule has 2 heterocycles. The summed E-state index contributed by atoms with van der Waals surface area (Å²) in [5.74, 6) is 0.884. The van der Waals surface area contributed by atoms with Gasteiger partial charge in [-0.15, -0.1) is 10.2 Å². The summed E-state index contributed by atoms with van der Waals surface area (Å²) in [7, 11) is 0. The first-order valence-corrected chi connectivity index (χ1v) is 10.7. The van der Waals surface area contributed by atoms with Crippen LogP contribution in [0, 0.1) is 20.8 Å². The molecule has 0 aliphatic heterocycles. The highest BCUT2D eigenvalue weighted by Crippen LogP contribution is 2.25. The van der Waals surface area contributed by atoms with Crippen molar-refractivity contribution in [2.24, 2.45) is 0 Å². The Balaban J connectivity index is 1.55. The Morgan fingerprint density at radius 2 is 1.77 bits per heavy atom. The fourth-order valence-corrected chi connectivity index (χ4v) is 3.87. The summed E-state index contributed by atoms with van der Waals surface area (Å²) >= 11 is 1.36. The molecule has 4 rings (SSSR count). The molecule has 0 unspecified atom stereocenters. The van der Waals surface area contributed by atoms with Crippen LogP contribution < -0.4 is 5.32 Å². The smallest absolute Gasteiger partial charge is 0.234 e. The summed E-state index contributed by atoms with van der Waals surface area (Å²) in [6, 6.07) is 17.9. The summed E-state index contributed by atoms with van der Waals surface area (Å²) in [4.78, 5) is 12.5. The fraction of sp³-hybridized carbons (Fsp3) is 0.174. The number of carbonyl (C=O) groups excluding carboxylic acids is 1. The molecule has 30 heavy (non-hydrogen) atoms. The zero-order chi connectivity index (χ0) is 21.1. The van der Waals surface area contributed by atoms with E-state index in [4.69, 9.17) is 0 Å². The van der Waals surface area contributed by atoms with Crippen LogP contribution in [-0.2, 0) is 4.79 Å². The first kappa shape index (κ1) is 20.0. The first-order valence-electron chi connectivity index (χ1n) is 9.67. The number of benzene rings is 2. The van der Waals surface area contributed by atoms with E-state index in [1.54, 1.807) is 0 Å². The molecular weight excluding hydrogens is 394 g/mol. The minimum absolute atomic E-state index is 0.0811. The van der Waals surface area contributed by atoms with Crippen molar-refractivity contribution in [3.05, 3.63) is 83.7 Å². The van der Waals surface area contributed by atoms with Gasteiger partial charge < -0.3 is 5.32 Å². The monoisotopic (exact) mass is 417 g/mol. The van der Waals surface area contributed by atoms with Crippen molar-refractivity contribution in [1.82, 2.24) is 19.5 Å². The Labute approximate surface area is 179 Å². The SMILES string of the molecule is Cc1cccc(-c2nnc(SCC(=O)Nc3ccc(C)c(C)c3)n2-n2cccc2)c1. The van der Waals surface area contributed by atoms with Crippen molar-refractivity contribution in [1.29, 1.82) is 0 Å². The third kappa shape index (κ3) is 4.31. The van der Waals surface area contributed by atoms with Crippen LogP contribution in [-0.4, -0.2) is 31.2 Å². The first-order chi connectivity index (χ1) is 14.5. The molecule has 4 aromatic rings. The van der Waals surface area contributed by atoms with Gasteiger partial charge in [-0.25, -0.2) is 4.68 Å². The number of aryl methyl sites for hydroxylation is 3. The second kappa shape index (κ2) is 8.59. The van der Waals surface area contributed by atoms with E-state index in [0.717, 1.165) is 28.2 Å². The third-order valence-electron chi connectivity index (χ3n) is 4.83. The standard InChI is InChI=1S/C23H23N5OS/c1-16-7-6-8-19(13-16)22-25-26-23(28(22)27-11-4-5-12-27)30-15-21(29)24-20-10-9-17(2)18(3)14-20/h4-14H,15H2,1-3H3,(H,24,29). The van der Waals surface area contributed by atoms with Crippen molar-refractivity contribution in [3.63, 3.8) is 0 Å². The van der Waals surface area contributed by atoms with Gasteiger partial charge in [0.15, 0.2) is 5.82 Å². The topological polar surface area (TPSA) is 64.7 Å². The molecule has 1 amide bonds. The molecule has 0 fully saturated rings. The Morgan fingerprint density at radius 3 is 2.50 bits per heavy atom. The molecule has 6 nitrogen and oxygen atoms in total. The number of thioether (sulfide) groups is 1. The van der Waals surface area contributed by atoms with Gasteiger partial charge in [-0.1, -0.05) is 41.6 Å². The highest BCUT2D eigenvalue weighted by molar-refractivity contribution is 7.99. The molecule has 0 saturated carbocycles. The van der Waals surface area contributed by atoms with E-state index >= 15 is 0 Å². The van der Waals surface area contributed by atoms with Crippen LogP contribution in [0.15, 0.2) is 72.1 Å². The van der Waals surface area contributed by atoms with Gasteiger partial charge in [0.05, 0.1) is 5.75 Å². The van der Waals surface area contributed by atoms with E-state index in [1.807, 2.05) is 84.1 Å². The lowest BCUT2D eigenvalue weighted by atomic mass is 10.1. The molecule has 0 aliphatic rings. The number of hydrogen-bond acceptors (Lipinski definition) is 4. The minimum atomic E-state index is -0.0811. The third-order valence-corrected chi connectivity index (χ3v) is 5.75. The number of nitrogens with zero attached hydrogens (tertiary/aromatic N) is 4. The quantitative estimate of drug-likeness (QED) is 0.461. The molecule has 7 heteroatoms. The van der Waals surface area contributed by atoms with E-state index in [2.05, 4.69) is 28.5 Å². The molecule has 0 atom stereocenters. The van der Waals surface area contributed by atoms with Crippen LogP contribution >= 0.6 is 11.8 Å². The van der Waals surface area contributed by atoms with Crippen molar-refractivity contribution in [3.8, 4) is 11.4 Å². The van der Waals surface area contributed by atoms with Crippen molar-refractivity contribution in [2.45, 2.75) is 25.9 Å². The fourth-order valence-electron chi connectivity index (χ4n) is 3.13. The van der Waals surface area contributed by atoms with Gasteiger partial charge >= 0.3 is 0 Å². The Hall–Kier alpha value is -3.32. The predicted octanol–water partition coefficient (Wildman–Crippen LogP) is 4.71. The van der Waals surface area contributed by atoms with E-state index in [1.165, 1.54) is 17.3 Å². The second-order valence-electron chi connectivity index (χ2n) is 7.19. The highest BCUT2D eigenvalue weighted by atomic mass is 32.2. The van der Waals surface area contributed by atoms with Crippen LogP contribution in [0.5, 0.6) is 0 Å². The summed E-state index contributed by atoms with van der Waals surface area (Å²) in [5.41, 5.74) is 5.27. The van der Waals surface area contributed by atoms with Crippen molar-refractivity contribution >= 4 is 23.4 Å². The van der Waals surface area contributed by atoms with E-state index in [-0.39, 0.29) is 11.7 Å². The maximum absolute atomic E-state index is 12.5. The molecule has 0 bridgehead atoms. The van der Waals surface area contributed by atoms with Crippen molar-refractivity contribution < 1.29 is 4.79 Å². The van der Waals surface area contributed by atoms with Crippen LogP contribution in [0.1, 0.15) is 16.7 Å². The van der Waals surface area contributed by atoms with Crippen LogP contribution in [0.3, 0.4) is 0 Å². The lowest BCUT2D eigenvalue weighted by Gasteiger charge is -2.12. The van der Waals surface area contributed by atoms with Gasteiger partial charge in [-0.3, -0.25) is 9.47 Å². The lowest BCUT2D eigenvalue weighted by Crippen LogP contribution is -2.16. The van der Waals surface area contributed by atoms with E-state index in [0.29, 0.717) is 5.16 Å². The van der Waals surface area contributed by atoms with Crippen molar-refractivity contribution in [2.75, 3.05) is 11.1 Å². The number of nitrogens with one attached hydrogen (secondary N) is 1. The maximum atomic E-state index is 12.5. The largest absolute Gasteiger partial charge is 0.325 e. The van der Waals surface area contributed by atoms with E-state index in [9.17, 15) is 4.79 Å². The Morgan fingerprint density at radius 1 is 0.967 bits per heavy atom. The lowest BCUT2D eigenvalue weighted by molar-refractivity contribution is -0.113. The van der Waals surface area contributed by atoms with Gasteiger partial charge in [-0.2, -0.15) is 0 Å². The van der Waals surface area contributed by atoms with Gasteiger partial charge in [0.1, 0.15) is 0 Å². The average molecular weight is 418 g/mol. The molecule has 0 spiro atoms. The van der Waals surface area contributed by atoms with Gasteiger partial charge in [0, 0.05) is 23.6 Å². The summed E-state index contributed by atoms with van der Waals surface area (Å²) in [6.45, 7) is 6.13. The number of aromatic nitrogens is 4. The number of amides is 1. The molecule has 0 aliphatic carbocycles. The van der Waals surface area contributed by atoms with Gasteiger partial charge in [0.25, 0.3) is 0 Å². The summed E-state index contributed by atoms with van der Waals surface area (Å²) in [6.07, 6.45) is 3.86. The molecule has 2 aromatic heterocycles. The van der Waals surface area contributed by atoms with E-state index < -0.39 is 0 Å². The number of rotatable bonds is 6. The van der Waals surface area contributed by atoms with Gasteiger partial charge in [-0.05, 0) is 62.2 Å². The molecule has 0 radical (unpaired) electrons. The van der Waals surface area contributed by atoms with Crippen LogP contribution in [0.4, 0.5) is 5.69 Å².